The summed E-state index contributed by atoms with van der Waals surface area (Å²) >= 11 is 0. The molecular weight excluding hydrogens is 779 g/mol. The van der Waals surface area contributed by atoms with Crippen LogP contribution in [0.2, 0.25) is 0 Å². The molecule has 4 aromatic rings. The molecule has 0 bridgehead atoms. The summed E-state index contributed by atoms with van der Waals surface area (Å²) < 4.78 is 20.9. The molecule has 1 atom stereocenters. The average Bonchev–Trinajstić information content (AvgIpc) is 3.97. The van der Waals surface area contributed by atoms with Gasteiger partial charge < -0.3 is 59.8 Å². The number of anilines is 3. The highest BCUT2D eigenvalue weighted by molar-refractivity contribution is 6.07. The Morgan fingerprint density at radius 2 is 1.57 bits per heavy atom. The number of aryl methyl sites for hydroxylation is 3. The van der Waals surface area contributed by atoms with Gasteiger partial charge in [0.05, 0.1) is 55.5 Å². The molecule has 6 rings (SSSR count). The van der Waals surface area contributed by atoms with Crippen LogP contribution in [0, 0.1) is 0 Å². The predicted molar refractivity (Wildman–Crippen MR) is 220 cm³/mol. The molecule has 20 heteroatoms. The SMILES string of the molecule is C=C1C[C@H]2C=Nc3cc(OCCCC(=O)Nc4cn(C)c(C(=O)Nc5cc(C(=O)Nc6cc(C(=O)NCCCOC(=O)CN)n(C)c6)n(C)c5)n4)c(OC)cc3C(=O)N2C1. The topological polar surface area (TPSA) is 248 Å². The Hall–Kier alpha value is -7.22. The molecule has 2 aliphatic rings. The summed E-state index contributed by atoms with van der Waals surface area (Å²) in [6.07, 6.45) is 7.90. The largest absolute Gasteiger partial charge is 0.493 e. The van der Waals surface area contributed by atoms with E-state index < -0.39 is 17.8 Å². The molecule has 316 valence electrons. The van der Waals surface area contributed by atoms with Crippen LogP contribution in [0.15, 0.2) is 60.0 Å². The van der Waals surface area contributed by atoms with Crippen LogP contribution < -0.4 is 36.5 Å². The fraction of sp³-hybridized carbons (Fsp3) is 0.350. The van der Waals surface area contributed by atoms with E-state index in [1.807, 2.05) is 0 Å². The molecule has 2 aliphatic heterocycles. The van der Waals surface area contributed by atoms with Gasteiger partial charge >= 0.3 is 5.97 Å². The third-order valence-electron chi connectivity index (χ3n) is 9.63. The molecule has 5 amide bonds. The first-order valence-corrected chi connectivity index (χ1v) is 19.0. The number of nitrogens with two attached hydrogens (primary N) is 1. The van der Waals surface area contributed by atoms with Gasteiger partial charge in [-0.25, -0.2) is 4.98 Å². The lowest BCUT2D eigenvalue weighted by Crippen LogP contribution is -2.35. The molecule has 0 unspecified atom stereocenters. The van der Waals surface area contributed by atoms with Crippen molar-refractivity contribution >= 4 is 64.6 Å². The van der Waals surface area contributed by atoms with Gasteiger partial charge in [0.15, 0.2) is 17.3 Å². The second-order valence-corrected chi connectivity index (χ2v) is 14.2. The number of carbonyl (C=O) groups excluding carboxylic acids is 6. The number of aliphatic imine (C=N–C) groups is 1. The summed E-state index contributed by atoms with van der Waals surface area (Å²) in [7, 11) is 6.39. The van der Waals surface area contributed by atoms with Crippen molar-refractivity contribution in [2.75, 3.05) is 55.9 Å². The Morgan fingerprint density at radius 1 is 0.867 bits per heavy atom. The zero-order valence-corrected chi connectivity index (χ0v) is 33.7. The van der Waals surface area contributed by atoms with Gasteiger partial charge in [-0.3, -0.25) is 33.8 Å². The number of methoxy groups -OCH3 is 1. The van der Waals surface area contributed by atoms with Crippen LogP contribution in [-0.2, 0) is 35.5 Å². The molecule has 6 N–H and O–H groups in total. The molecule has 3 aromatic heterocycles. The molecule has 0 radical (unpaired) electrons. The normalized spacial score (nSPS) is 14.2. The molecule has 0 spiro atoms. The van der Waals surface area contributed by atoms with E-state index in [9.17, 15) is 28.8 Å². The lowest BCUT2D eigenvalue weighted by atomic mass is 10.1. The van der Waals surface area contributed by atoms with Gasteiger partial charge in [0.2, 0.25) is 11.7 Å². The van der Waals surface area contributed by atoms with Crippen molar-refractivity contribution < 1.29 is 43.0 Å². The van der Waals surface area contributed by atoms with E-state index in [0.29, 0.717) is 65.6 Å². The first kappa shape index (κ1) is 42.4. The third kappa shape index (κ3) is 9.89. The molecular formula is C40H47N11O9. The van der Waals surface area contributed by atoms with Crippen molar-refractivity contribution in [2.45, 2.75) is 31.7 Å². The average molecular weight is 826 g/mol. The maximum atomic E-state index is 13.2. The number of aromatic nitrogens is 4. The van der Waals surface area contributed by atoms with Crippen LogP contribution in [-0.4, -0.2) is 111 Å². The number of nitrogens with zero attached hydrogens (tertiary/aromatic N) is 6. The quantitative estimate of drug-likeness (QED) is 0.0588. The van der Waals surface area contributed by atoms with Crippen molar-refractivity contribution in [3.05, 3.63) is 77.8 Å². The van der Waals surface area contributed by atoms with Crippen LogP contribution in [0.1, 0.15) is 67.6 Å². The Balaban J connectivity index is 0.969. The van der Waals surface area contributed by atoms with Crippen LogP contribution in [0.5, 0.6) is 11.5 Å². The second-order valence-electron chi connectivity index (χ2n) is 14.2. The maximum absolute atomic E-state index is 13.2. The van der Waals surface area contributed by atoms with Crippen molar-refractivity contribution in [3.8, 4) is 11.5 Å². The smallest absolute Gasteiger partial charge is 0.319 e. The minimum atomic E-state index is -0.577. The molecule has 0 saturated carbocycles. The number of hydrogen-bond donors (Lipinski definition) is 5. The first-order chi connectivity index (χ1) is 28.7. The Kier molecular flexibility index (Phi) is 13.1. The number of amides is 5. The summed E-state index contributed by atoms with van der Waals surface area (Å²) in [5, 5.41) is 10.9. The standard InChI is InChI=1S/C40H47N11O9/c1-23-12-26-18-43-28-16-32(31(58-5)15-27(28)40(57)51(26)19-23)59-10-6-8-34(52)46-33-22-50(4)36(47-33)39(56)45-25-14-30(49(3)21-25)38(55)44-24-13-29(48(2)20-24)37(54)42-9-7-11-60-35(53)17-41/h13-16,18,20-22,26H,1,6-12,17,19,41H2,2-5H3,(H,42,54)(H,44,55)(H,45,56)(H,46,52)/t26-/m0/s1. The highest BCUT2D eigenvalue weighted by atomic mass is 16.5. The summed E-state index contributed by atoms with van der Waals surface area (Å²) in [6, 6.07) is 6.15. The highest BCUT2D eigenvalue weighted by Gasteiger charge is 2.34. The number of hydrogen-bond acceptors (Lipinski definition) is 12. The Bertz CT molecular complexity index is 2370. The molecule has 60 heavy (non-hydrogen) atoms. The number of esters is 1. The Morgan fingerprint density at radius 3 is 2.27 bits per heavy atom. The van der Waals surface area contributed by atoms with Gasteiger partial charge in [0.25, 0.3) is 23.6 Å². The Labute approximate surface area is 344 Å². The maximum Gasteiger partial charge on any atom is 0.319 e. The zero-order chi connectivity index (χ0) is 43.1. The van der Waals surface area contributed by atoms with E-state index >= 15 is 0 Å². The van der Waals surface area contributed by atoms with Crippen LogP contribution in [0.4, 0.5) is 22.9 Å². The lowest BCUT2D eigenvalue weighted by molar-refractivity contribution is -0.141. The van der Waals surface area contributed by atoms with Crippen LogP contribution in [0.3, 0.4) is 0 Å². The number of nitrogens with one attached hydrogen (secondary N) is 4. The van der Waals surface area contributed by atoms with E-state index in [1.165, 1.54) is 34.6 Å². The van der Waals surface area contributed by atoms with Crippen molar-refractivity contribution in [2.24, 2.45) is 31.9 Å². The summed E-state index contributed by atoms with van der Waals surface area (Å²) in [4.78, 5) is 86.8. The van der Waals surface area contributed by atoms with Crippen LogP contribution in [0.25, 0.3) is 0 Å². The van der Waals surface area contributed by atoms with E-state index in [1.54, 1.807) is 61.4 Å². The van der Waals surface area contributed by atoms with E-state index in [4.69, 9.17) is 19.9 Å². The van der Waals surface area contributed by atoms with Gasteiger partial charge in [-0.15, -0.1) is 0 Å². The molecule has 1 fully saturated rings. The van der Waals surface area contributed by atoms with Gasteiger partial charge in [-0.05, 0) is 37.5 Å². The van der Waals surface area contributed by atoms with E-state index in [2.05, 4.69) is 37.8 Å². The van der Waals surface area contributed by atoms with E-state index in [0.717, 1.165) is 5.57 Å². The number of fused-ring (bicyclic) bond motifs is 2. The van der Waals surface area contributed by atoms with Gasteiger partial charge in [0.1, 0.15) is 11.4 Å². The zero-order valence-electron chi connectivity index (χ0n) is 33.7. The van der Waals surface area contributed by atoms with Crippen molar-refractivity contribution in [1.82, 2.24) is 28.9 Å². The van der Waals surface area contributed by atoms with E-state index in [-0.39, 0.29) is 73.8 Å². The minimum absolute atomic E-state index is 0.0111. The second kappa shape index (κ2) is 18.6. The number of imidazole rings is 1. The fourth-order valence-corrected chi connectivity index (χ4v) is 6.67. The predicted octanol–water partition coefficient (Wildman–Crippen LogP) is 2.52. The molecule has 5 heterocycles. The molecule has 0 aliphatic carbocycles. The number of benzene rings is 1. The summed E-state index contributed by atoms with van der Waals surface area (Å²) in [5.74, 6) is -1.51. The third-order valence-corrected chi connectivity index (χ3v) is 9.63. The van der Waals surface area contributed by atoms with Crippen LogP contribution >= 0.6 is 0 Å². The molecule has 1 aromatic carbocycles. The lowest BCUT2D eigenvalue weighted by Gasteiger charge is -2.20. The number of rotatable bonds is 17. The summed E-state index contributed by atoms with van der Waals surface area (Å²) in [6.45, 7) is 4.83. The van der Waals surface area contributed by atoms with Crippen molar-refractivity contribution in [3.63, 3.8) is 0 Å². The first-order valence-electron chi connectivity index (χ1n) is 19.0. The highest BCUT2D eigenvalue weighted by Crippen LogP contribution is 2.38. The van der Waals surface area contributed by atoms with Gasteiger partial charge in [-0.1, -0.05) is 12.2 Å². The number of carbonyl (C=O) groups is 6. The monoisotopic (exact) mass is 825 g/mol. The van der Waals surface area contributed by atoms with Crippen molar-refractivity contribution in [1.29, 1.82) is 0 Å². The van der Waals surface area contributed by atoms with Gasteiger partial charge in [0, 0.05) is 71.5 Å². The molecule has 1 saturated heterocycles. The van der Waals surface area contributed by atoms with Gasteiger partial charge in [-0.2, -0.15) is 0 Å². The fourth-order valence-electron chi connectivity index (χ4n) is 6.67. The summed E-state index contributed by atoms with van der Waals surface area (Å²) in [5.41, 5.74) is 8.28. The molecule has 20 nitrogen and oxygen atoms in total. The minimum Gasteiger partial charge on any atom is -0.493 e. The number of ether oxygens (including phenoxy) is 3.